The molecule has 0 aliphatic heterocycles. The summed E-state index contributed by atoms with van der Waals surface area (Å²) >= 11 is 1.84. The molecular formula is C16H31N5OS. The van der Waals surface area contributed by atoms with Gasteiger partial charge in [0.15, 0.2) is 5.96 Å². The molecule has 0 saturated heterocycles. The SMILES string of the molecule is CN=C(NCc1c(C)nn(CCOC)c1C)NCC(C)(C)SC. The number of nitrogens with one attached hydrogen (secondary N) is 2. The molecule has 0 bridgehead atoms. The van der Waals surface area contributed by atoms with Crippen LogP contribution in [0.5, 0.6) is 0 Å². The predicted octanol–water partition coefficient (Wildman–Crippen LogP) is 1.95. The largest absolute Gasteiger partial charge is 0.383 e. The maximum atomic E-state index is 5.13. The molecule has 6 nitrogen and oxygen atoms in total. The van der Waals surface area contributed by atoms with Gasteiger partial charge >= 0.3 is 0 Å². The summed E-state index contributed by atoms with van der Waals surface area (Å²) in [7, 11) is 3.50. The number of hydrogen-bond donors (Lipinski definition) is 2. The first kappa shape index (κ1) is 19.8. The molecule has 0 aliphatic carbocycles. The van der Waals surface area contributed by atoms with Crippen molar-refractivity contribution in [2.45, 2.75) is 45.5 Å². The van der Waals surface area contributed by atoms with Gasteiger partial charge in [-0.3, -0.25) is 9.67 Å². The van der Waals surface area contributed by atoms with Crippen LogP contribution in [0.4, 0.5) is 0 Å². The third-order valence-corrected chi connectivity index (χ3v) is 5.18. The van der Waals surface area contributed by atoms with Gasteiger partial charge in [0.25, 0.3) is 0 Å². The summed E-state index contributed by atoms with van der Waals surface area (Å²) in [5.74, 6) is 0.815. The van der Waals surface area contributed by atoms with Gasteiger partial charge in [-0.1, -0.05) is 0 Å². The number of methoxy groups -OCH3 is 1. The fourth-order valence-corrected chi connectivity index (χ4v) is 2.36. The van der Waals surface area contributed by atoms with E-state index in [1.165, 1.54) is 11.3 Å². The van der Waals surface area contributed by atoms with E-state index in [4.69, 9.17) is 4.74 Å². The monoisotopic (exact) mass is 341 g/mol. The molecule has 0 atom stereocenters. The van der Waals surface area contributed by atoms with Gasteiger partial charge in [0.1, 0.15) is 0 Å². The molecule has 0 saturated carbocycles. The fraction of sp³-hybridized carbons (Fsp3) is 0.750. The van der Waals surface area contributed by atoms with Crippen molar-refractivity contribution >= 4 is 17.7 Å². The molecule has 132 valence electrons. The third kappa shape index (κ3) is 6.06. The smallest absolute Gasteiger partial charge is 0.191 e. The molecule has 0 radical (unpaired) electrons. The van der Waals surface area contributed by atoms with Crippen molar-refractivity contribution in [2.75, 3.05) is 33.6 Å². The van der Waals surface area contributed by atoms with Crippen LogP contribution in [-0.4, -0.2) is 54.1 Å². The maximum absolute atomic E-state index is 5.13. The molecule has 0 unspecified atom stereocenters. The Bertz CT molecular complexity index is 525. The first-order valence-electron chi connectivity index (χ1n) is 7.86. The van der Waals surface area contributed by atoms with E-state index >= 15 is 0 Å². The first-order chi connectivity index (χ1) is 10.8. The summed E-state index contributed by atoms with van der Waals surface area (Å²) in [6, 6.07) is 0. The number of guanidine groups is 1. The Morgan fingerprint density at radius 1 is 1.35 bits per heavy atom. The average molecular weight is 342 g/mol. The van der Waals surface area contributed by atoms with Crippen LogP contribution in [0.15, 0.2) is 4.99 Å². The van der Waals surface area contributed by atoms with Gasteiger partial charge in [0, 0.05) is 43.3 Å². The molecule has 1 heterocycles. The number of thioether (sulfide) groups is 1. The minimum atomic E-state index is 0.175. The summed E-state index contributed by atoms with van der Waals surface area (Å²) in [6.45, 7) is 11.6. The number of ether oxygens (including phenoxy) is 1. The van der Waals surface area contributed by atoms with Crippen molar-refractivity contribution in [1.82, 2.24) is 20.4 Å². The summed E-state index contributed by atoms with van der Waals surface area (Å²) in [4.78, 5) is 4.29. The number of nitrogens with zero attached hydrogens (tertiary/aromatic N) is 3. The van der Waals surface area contributed by atoms with E-state index < -0.39 is 0 Å². The Hall–Kier alpha value is -1.21. The predicted molar refractivity (Wildman–Crippen MR) is 99.4 cm³/mol. The lowest BCUT2D eigenvalue weighted by atomic mass is 10.2. The first-order valence-corrected chi connectivity index (χ1v) is 9.08. The standard InChI is InChI=1S/C16H31N5OS/c1-12-14(13(2)21(20-12)8-9-22-6)10-18-15(17-5)19-11-16(3,4)23-7/h8-11H2,1-7H3,(H2,17,18,19). The molecule has 1 aromatic rings. The van der Waals surface area contributed by atoms with E-state index in [2.05, 4.69) is 47.8 Å². The quantitative estimate of drug-likeness (QED) is 0.559. The van der Waals surface area contributed by atoms with Crippen molar-refractivity contribution in [3.05, 3.63) is 17.0 Å². The van der Waals surface area contributed by atoms with Crippen LogP contribution in [0, 0.1) is 13.8 Å². The van der Waals surface area contributed by atoms with Crippen LogP contribution < -0.4 is 10.6 Å². The van der Waals surface area contributed by atoms with Crippen LogP contribution in [-0.2, 0) is 17.8 Å². The molecule has 1 aromatic heterocycles. The van der Waals surface area contributed by atoms with E-state index in [-0.39, 0.29) is 4.75 Å². The van der Waals surface area contributed by atoms with Crippen LogP contribution >= 0.6 is 11.8 Å². The molecular weight excluding hydrogens is 310 g/mol. The van der Waals surface area contributed by atoms with E-state index in [0.29, 0.717) is 13.2 Å². The number of aryl methyl sites for hydroxylation is 1. The Morgan fingerprint density at radius 3 is 2.61 bits per heavy atom. The second kappa shape index (κ2) is 9.17. The third-order valence-electron chi connectivity index (χ3n) is 3.93. The zero-order valence-electron chi connectivity index (χ0n) is 15.5. The fourth-order valence-electron chi connectivity index (χ4n) is 2.15. The van der Waals surface area contributed by atoms with Crippen molar-refractivity contribution < 1.29 is 4.74 Å². The topological polar surface area (TPSA) is 63.5 Å². The highest BCUT2D eigenvalue weighted by Crippen LogP contribution is 2.19. The Balaban J connectivity index is 2.64. The van der Waals surface area contributed by atoms with E-state index in [0.717, 1.165) is 24.7 Å². The molecule has 0 aromatic carbocycles. The zero-order chi connectivity index (χ0) is 17.5. The number of aromatic nitrogens is 2. The Kier molecular flexibility index (Phi) is 7.91. The lowest BCUT2D eigenvalue weighted by Crippen LogP contribution is -2.43. The normalized spacial score (nSPS) is 12.6. The highest BCUT2D eigenvalue weighted by Gasteiger charge is 2.17. The van der Waals surface area contributed by atoms with Gasteiger partial charge in [-0.2, -0.15) is 16.9 Å². The lowest BCUT2D eigenvalue weighted by molar-refractivity contribution is 0.182. The molecule has 23 heavy (non-hydrogen) atoms. The molecule has 7 heteroatoms. The molecule has 0 amide bonds. The van der Waals surface area contributed by atoms with Crippen LogP contribution in [0.2, 0.25) is 0 Å². The molecule has 0 spiro atoms. The van der Waals surface area contributed by atoms with Crippen LogP contribution in [0.25, 0.3) is 0 Å². The molecule has 0 fully saturated rings. The van der Waals surface area contributed by atoms with Gasteiger partial charge in [0.05, 0.1) is 18.8 Å². The summed E-state index contributed by atoms with van der Waals surface area (Å²) in [5, 5.41) is 11.3. The molecule has 1 rings (SSSR count). The van der Waals surface area contributed by atoms with Gasteiger partial charge in [-0.05, 0) is 34.0 Å². The zero-order valence-corrected chi connectivity index (χ0v) is 16.3. The van der Waals surface area contributed by atoms with Crippen molar-refractivity contribution in [3.63, 3.8) is 0 Å². The highest BCUT2D eigenvalue weighted by atomic mass is 32.2. The Labute approximate surface area is 144 Å². The summed E-state index contributed by atoms with van der Waals surface area (Å²) in [6.07, 6.45) is 2.12. The number of hydrogen-bond acceptors (Lipinski definition) is 4. The van der Waals surface area contributed by atoms with Gasteiger partial charge in [-0.15, -0.1) is 0 Å². The number of rotatable bonds is 8. The second-order valence-electron chi connectivity index (χ2n) is 6.11. The minimum absolute atomic E-state index is 0.175. The van der Waals surface area contributed by atoms with Crippen molar-refractivity contribution in [3.8, 4) is 0 Å². The molecule has 0 aliphatic rings. The van der Waals surface area contributed by atoms with E-state index in [9.17, 15) is 0 Å². The van der Waals surface area contributed by atoms with E-state index in [1.54, 1.807) is 14.2 Å². The minimum Gasteiger partial charge on any atom is -0.383 e. The van der Waals surface area contributed by atoms with Crippen LogP contribution in [0.1, 0.15) is 30.8 Å². The van der Waals surface area contributed by atoms with Gasteiger partial charge in [-0.25, -0.2) is 0 Å². The summed E-state index contributed by atoms with van der Waals surface area (Å²) < 4.78 is 7.31. The maximum Gasteiger partial charge on any atom is 0.191 e. The Morgan fingerprint density at radius 2 is 2.04 bits per heavy atom. The summed E-state index contributed by atoms with van der Waals surface area (Å²) in [5.41, 5.74) is 3.44. The van der Waals surface area contributed by atoms with Crippen molar-refractivity contribution in [2.24, 2.45) is 4.99 Å². The van der Waals surface area contributed by atoms with Crippen molar-refractivity contribution in [1.29, 1.82) is 0 Å². The van der Waals surface area contributed by atoms with Crippen LogP contribution in [0.3, 0.4) is 0 Å². The second-order valence-corrected chi connectivity index (χ2v) is 7.62. The number of aliphatic imine (C=N–C) groups is 1. The van der Waals surface area contributed by atoms with Gasteiger partial charge < -0.3 is 15.4 Å². The lowest BCUT2D eigenvalue weighted by Gasteiger charge is -2.23. The average Bonchev–Trinajstić information content (AvgIpc) is 2.80. The van der Waals surface area contributed by atoms with Gasteiger partial charge in [0.2, 0.25) is 0 Å². The highest BCUT2D eigenvalue weighted by molar-refractivity contribution is 7.99. The van der Waals surface area contributed by atoms with E-state index in [1.807, 2.05) is 23.4 Å². The molecule has 2 N–H and O–H groups in total.